The van der Waals surface area contributed by atoms with E-state index in [1.54, 1.807) is 36.8 Å². The highest BCUT2D eigenvalue weighted by atomic mass is 32.2. The van der Waals surface area contributed by atoms with Crippen LogP contribution in [0.3, 0.4) is 0 Å². The van der Waals surface area contributed by atoms with E-state index in [0.29, 0.717) is 23.7 Å². The zero-order valence-corrected chi connectivity index (χ0v) is 16.2. The first-order valence-corrected chi connectivity index (χ1v) is 10.4. The van der Waals surface area contributed by atoms with Gasteiger partial charge in [0, 0.05) is 0 Å². The molecule has 0 radical (unpaired) electrons. The molecule has 1 aromatic heterocycles. The van der Waals surface area contributed by atoms with Crippen molar-refractivity contribution in [1.82, 2.24) is 4.83 Å². The van der Waals surface area contributed by atoms with Gasteiger partial charge in [0.1, 0.15) is 10.8 Å². The van der Waals surface area contributed by atoms with Crippen molar-refractivity contribution in [3.8, 4) is 11.5 Å². The predicted octanol–water partition coefficient (Wildman–Crippen LogP) is 3.65. The highest BCUT2D eigenvalue weighted by Crippen LogP contribution is 2.28. The Balaban J connectivity index is 1.66. The second kappa shape index (κ2) is 8.70. The first kappa shape index (κ1) is 18.9. The lowest BCUT2D eigenvalue weighted by atomic mass is 10.2. The largest absolute Gasteiger partial charge is 0.493 e. The van der Waals surface area contributed by atoms with Crippen LogP contribution in [0.5, 0.6) is 11.5 Å². The van der Waals surface area contributed by atoms with Gasteiger partial charge in [0.05, 0.1) is 13.3 Å². The Bertz CT molecular complexity index is 1000. The van der Waals surface area contributed by atoms with E-state index in [4.69, 9.17) is 9.47 Å². The molecule has 0 fully saturated rings. The maximum absolute atomic E-state index is 12.0. The first-order valence-electron chi connectivity index (χ1n) is 8.01. The molecule has 1 heterocycles. The van der Waals surface area contributed by atoms with Gasteiger partial charge in [0.15, 0.2) is 11.5 Å². The highest BCUT2D eigenvalue weighted by molar-refractivity contribution is 7.91. The average molecular weight is 402 g/mol. The summed E-state index contributed by atoms with van der Waals surface area (Å²) in [4.78, 5) is 2.19. The zero-order chi connectivity index (χ0) is 19.1. The number of hydrogen-bond donors (Lipinski definition) is 1. The molecular formula is C19H18N2O4S2. The molecule has 0 aliphatic heterocycles. The molecule has 0 aliphatic carbocycles. The van der Waals surface area contributed by atoms with Crippen molar-refractivity contribution in [1.29, 1.82) is 0 Å². The van der Waals surface area contributed by atoms with Crippen molar-refractivity contribution >= 4 is 27.6 Å². The van der Waals surface area contributed by atoms with Gasteiger partial charge < -0.3 is 9.47 Å². The molecule has 0 bridgehead atoms. The van der Waals surface area contributed by atoms with Gasteiger partial charge in [-0.15, -0.1) is 11.3 Å². The number of methoxy groups -OCH3 is 1. The summed E-state index contributed by atoms with van der Waals surface area (Å²) in [5, 5.41) is 5.51. The second-order valence-corrected chi connectivity index (χ2v) is 8.30. The topological polar surface area (TPSA) is 77.0 Å². The van der Waals surface area contributed by atoms with E-state index < -0.39 is 10.0 Å². The third kappa shape index (κ3) is 5.08. The predicted molar refractivity (Wildman–Crippen MR) is 106 cm³/mol. The quantitative estimate of drug-likeness (QED) is 0.461. The van der Waals surface area contributed by atoms with Crippen LogP contribution in [-0.2, 0) is 16.6 Å². The molecule has 140 valence electrons. The Morgan fingerprint density at radius 1 is 1.07 bits per heavy atom. The minimum Gasteiger partial charge on any atom is -0.493 e. The Hall–Kier alpha value is -2.84. The monoisotopic (exact) mass is 402 g/mol. The van der Waals surface area contributed by atoms with Crippen LogP contribution in [0.1, 0.15) is 11.1 Å². The van der Waals surface area contributed by atoms with Crippen LogP contribution in [0.4, 0.5) is 0 Å². The van der Waals surface area contributed by atoms with Crippen molar-refractivity contribution in [2.24, 2.45) is 5.10 Å². The van der Waals surface area contributed by atoms with E-state index in [-0.39, 0.29) is 4.21 Å². The summed E-state index contributed by atoms with van der Waals surface area (Å²) in [7, 11) is -2.09. The van der Waals surface area contributed by atoms with Crippen LogP contribution >= 0.6 is 11.3 Å². The smallest absolute Gasteiger partial charge is 0.286 e. The van der Waals surface area contributed by atoms with E-state index >= 15 is 0 Å². The molecule has 8 heteroatoms. The van der Waals surface area contributed by atoms with E-state index in [1.807, 2.05) is 30.3 Å². The molecule has 2 aromatic carbocycles. The molecule has 27 heavy (non-hydrogen) atoms. The molecular weight excluding hydrogens is 384 g/mol. The van der Waals surface area contributed by atoms with Crippen LogP contribution in [0.25, 0.3) is 0 Å². The molecule has 0 aliphatic rings. The number of hydrogen-bond acceptors (Lipinski definition) is 6. The summed E-state index contributed by atoms with van der Waals surface area (Å²) in [6, 6.07) is 18.3. The lowest BCUT2D eigenvalue weighted by molar-refractivity contribution is 0.284. The molecule has 1 N–H and O–H groups in total. The van der Waals surface area contributed by atoms with Gasteiger partial charge in [0.25, 0.3) is 10.0 Å². The lowest BCUT2D eigenvalue weighted by Crippen LogP contribution is -2.17. The minimum absolute atomic E-state index is 0.210. The van der Waals surface area contributed by atoms with Gasteiger partial charge in [-0.2, -0.15) is 18.4 Å². The van der Waals surface area contributed by atoms with Crippen molar-refractivity contribution in [3.05, 3.63) is 77.2 Å². The van der Waals surface area contributed by atoms with Gasteiger partial charge >= 0.3 is 0 Å². The Kier molecular flexibility index (Phi) is 6.10. The van der Waals surface area contributed by atoms with Crippen LogP contribution in [0.2, 0.25) is 0 Å². The fraction of sp³-hybridized carbons (Fsp3) is 0.105. The molecule has 3 rings (SSSR count). The molecule has 0 saturated carbocycles. The third-order valence-electron chi connectivity index (χ3n) is 3.57. The van der Waals surface area contributed by atoms with Crippen molar-refractivity contribution in [2.45, 2.75) is 10.8 Å². The molecule has 0 atom stereocenters. The molecule has 0 saturated heterocycles. The fourth-order valence-electron chi connectivity index (χ4n) is 2.25. The Morgan fingerprint density at radius 2 is 1.89 bits per heavy atom. The Morgan fingerprint density at radius 3 is 2.59 bits per heavy atom. The summed E-state index contributed by atoms with van der Waals surface area (Å²) in [5.41, 5.74) is 1.72. The van der Waals surface area contributed by atoms with Gasteiger partial charge in [0.2, 0.25) is 0 Å². The summed E-state index contributed by atoms with van der Waals surface area (Å²) >= 11 is 1.13. The van der Waals surface area contributed by atoms with Gasteiger partial charge in [-0.1, -0.05) is 36.4 Å². The van der Waals surface area contributed by atoms with Crippen molar-refractivity contribution in [3.63, 3.8) is 0 Å². The summed E-state index contributed by atoms with van der Waals surface area (Å²) in [5.74, 6) is 1.13. The standard InChI is InChI=1S/C19H18N2O4S2/c1-24-18-12-16(13-20-21-27(22,23)19-8-5-11-26-19)9-10-17(18)25-14-15-6-3-2-4-7-15/h2-13,21H,14H2,1H3/b20-13+. The number of rotatable bonds is 8. The number of nitrogens with zero attached hydrogens (tertiary/aromatic N) is 1. The highest BCUT2D eigenvalue weighted by Gasteiger charge is 2.13. The van der Waals surface area contributed by atoms with Gasteiger partial charge in [-0.25, -0.2) is 0 Å². The number of hydrazone groups is 1. The number of nitrogens with one attached hydrogen (secondary N) is 1. The number of sulfonamides is 1. The normalized spacial score (nSPS) is 11.4. The zero-order valence-electron chi connectivity index (χ0n) is 14.5. The lowest BCUT2D eigenvalue weighted by Gasteiger charge is -2.11. The number of ether oxygens (including phenoxy) is 2. The molecule has 0 unspecified atom stereocenters. The van der Waals surface area contributed by atoms with E-state index in [1.165, 1.54) is 12.3 Å². The Labute approximate surface area is 162 Å². The molecule has 6 nitrogen and oxygen atoms in total. The molecule has 3 aromatic rings. The van der Waals surface area contributed by atoms with Crippen molar-refractivity contribution < 1.29 is 17.9 Å². The minimum atomic E-state index is -3.64. The summed E-state index contributed by atoms with van der Waals surface area (Å²) < 4.78 is 35.4. The van der Waals surface area contributed by atoms with Crippen LogP contribution in [-0.4, -0.2) is 21.7 Å². The van der Waals surface area contributed by atoms with Crippen LogP contribution < -0.4 is 14.3 Å². The van der Waals surface area contributed by atoms with Crippen LogP contribution in [0, 0.1) is 0 Å². The maximum Gasteiger partial charge on any atom is 0.286 e. The molecule has 0 spiro atoms. The van der Waals surface area contributed by atoms with Gasteiger partial charge in [-0.05, 0) is 40.8 Å². The SMILES string of the molecule is COc1cc(/C=N/NS(=O)(=O)c2cccs2)ccc1OCc1ccccc1. The molecule has 0 amide bonds. The van der Waals surface area contributed by atoms with Gasteiger partial charge in [-0.3, -0.25) is 0 Å². The van der Waals surface area contributed by atoms with E-state index in [9.17, 15) is 8.42 Å². The summed E-state index contributed by atoms with van der Waals surface area (Å²) in [6.45, 7) is 0.422. The first-order chi connectivity index (χ1) is 13.1. The van der Waals surface area contributed by atoms with Crippen LogP contribution in [0.15, 0.2) is 75.4 Å². The van der Waals surface area contributed by atoms with E-state index in [2.05, 4.69) is 9.93 Å². The maximum atomic E-state index is 12.0. The van der Waals surface area contributed by atoms with Crippen molar-refractivity contribution in [2.75, 3.05) is 7.11 Å². The van der Waals surface area contributed by atoms with E-state index in [0.717, 1.165) is 16.9 Å². The third-order valence-corrected chi connectivity index (χ3v) is 6.19. The second-order valence-electron chi connectivity index (χ2n) is 5.47. The fourth-order valence-corrected chi connectivity index (χ4v) is 4.02. The number of benzene rings is 2. The number of thiophene rings is 1. The summed E-state index contributed by atoms with van der Waals surface area (Å²) in [6.07, 6.45) is 1.41. The average Bonchev–Trinajstić information content (AvgIpc) is 3.23.